The smallest absolute Gasteiger partial charge is 0.274 e. The summed E-state index contributed by atoms with van der Waals surface area (Å²) in [6, 6.07) is 10.9. The summed E-state index contributed by atoms with van der Waals surface area (Å²) >= 11 is 6.04. The monoisotopic (exact) mass is 357 g/mol. The van der Waals surface area contributed by atoms with Gasteiger partial charge < -0.3 is 10.1 Å². The van der Waals surface area contributed by atoms with E-state index in [-0.39, 0.29) is 5.91 Å². The van der Waals surface area contributed by atoms with Crippen LogP contribution >= 0.6 is 11.6 Å². The van der Waals surface area contributed by atoms with Gasteiger partial charge in [-0.15, -0.1) is 0 Å². The van der Waals surface area contributed by atoms with Crippen LogP contribution in [-0.2, 0) is 0 Å². The second-order valence-electron chi connectivity index (χ2n) is 5.80. The molecule has 0 saturated heterocycles. The second-order valence-corrected chi connectivity index (χ2v) is 6.24. The molecule has 0 saturated carbocycles. The van der Waals surface area contributed by atoms with Crippen molar-refractivity contribution in [1.29, 1.82) is 0 Å². The number of hydrogen-bond acceptors (Lipinski definition) is 3. The van der Waals surface area contributed by atoms with Gasteiger partial charge in [-0.05, 0) is 49.7 Å². The minimum atomic E-state index is -0.230. The summed E-state index contributed by atoms with van der Waals surface area (Å²) in [7, 11) is 0. The number of aromatic nitrogens is 2. The van der Waals surface area contributed by atoms with Crippen LogP contribution in [0.4, 0.5) is 5.69 Å². The fourth-order valence-electron chi connectivity index (χ4n) is 2.57. The largest absolute Gasteiger partial charge is 0.494 e. The molecule has 2 heterocycles. The number of unbranched alkanes of at least 4 members (excludes halogenated alkanes) is 1. The number of anilines is 1. The van der Waals surface area contributed by atoms with Gasteiger partial charge in [-0.3, -0.25) is 9.20 Å². The highest BCUT2D eigenvalue weighted by molar-refractivity contribution is 6.30. The normalized spacial score (nSPS) is 10.8. The molecule has 1 amide bonds. The Kier molecular flexibility index (Phi) is 5.24. The zero-order valence-electron chi connectivity index (χ0n) is 14.3. The van der Waals surface area contributed by atoms with Crippen molar-refractivity contribution >= 4 is 28.8 Å². The molecule has 0 aliphatic carbocycles. The fourth-order valence-corrected chi connectivity index (χ4v) is 2.73. The summed E-state index contributed by atoms with van der Waals surface area (Å²) in [6.07, 6.45) is 3.81. The van der Waals surface area contributed by atoms with Crippen LogP contribution in [0.5, 0.6) is 5.75 Å². The van der Waals surface area contributed by atoms with Crippen LogP contribution < -0.4 is 10.1 Å². The van der Waals surface area contributed by atoms with E-state index in [0.29, 0.717) is 34.4 Å². The van der Waals surface area contributed by atoms with Crippen LogP contribution in [0.3, 0.4) is 0 Å². The van der Waals surface area contributed by atoms with E-state index in [1.54, 1.807) is 29.7 Å². The Balaban J connectivity index is 1.76. The highest BCUT2D eigenvalue weighted by Gasteiger charge is 2.17. The van der Waals surface area contributed by atoms with Crippen molar-refractivity contribution in [2.75, 3.05) is 11.9 Å². The number of rotatable bonds is 6. The number of nitrogens with one attached hydrogen (secondary N) is 1. The summed E-state index contributed by atoms with van der Waals surface area (Å²) in [4.78, 5) is 17.1. The van der Waals surface area contributed by atoms with E-state index in [9.17, 15) is 4.79 Å². The second kappa shape index (κ2) is 7.57. The van der Waals surface area contributed by atoms with E-state index in [2.05, 4.69) is 17.2 Å². The van der Waals surface area contributed by atoms with Gasteiger partial charge in [0.2, 0.25) is 0 Å². The van der Waals surface area contributed by atoms with E-state index >= 15 is 0 Å². The number of amides is 1. The molecule has 1 aromatic carbocycles. The number of carbonyl (C=O) groups excluding carboxylic acids is 1. The highest BCUT2D eigenvalue weighted by Crippen LogP contribution is 2.20. The van der Waals surface area contributed by atoms with Crippen LogP contribution in [0.15, 0.2) is 42.6 Å². The SMILES string of the molecule is CCCCOc1ccc(NC(=O)c2c(C)nc3ccc(Cl)cn23)cc1. The molecule has 0 spiro atoms. The van der Waals surface area contributed by atoms with E-state index in [4.69, 9.17) is 16.3 Å². The summed E-state index contributed by atoms with van der Waals surface area (Å²) in [5, 5.41) is 3.44. The first-order valence-electron chi connectivity index (χ1n) is 8.27. The number of carbonyl (C=O) groups is 1. The number of pyridine rings is 1. The van der Waals surface area contributed by atoms with Gasteiger partial charge in [0.05, 0.1) is 17.3 Å². The number of benzene rings is 1. The van der Waals surface area contributed by atoms with Crippen LogP contribution in [-0.4, -0.2) is 21.9 Å². The van der Waals surface area contributed by atoms with Crippen molar-refractivity contribution < 1.29 is 9.53 Å². The van der Waals surface area contributed by atoms with Gasteiger partial charge in [-0.2, -0.15) is 0 Å². The Labute approximate surface area is 151 Å². The maximum Gasteiger partial charge on any atom is 0.274 e. The number of halogens is 1. The van der Waals surface area contributed by atoms with Gasteiger partial charge in [0, 0.05) is 11.9 Å². The Morgan fingerprint density at radius 1 is 1.24 bits per heavy atom. The van der Waals surface area contributed by atoms with E-state index in [1.807, 2.05) is 24.3 Å². The number of nitrogens with zero attached hydrogens (tertiary/aromatic N) is 2. The number of ether oxygens (including phenoxy) is 1. The first-order valence-corrected chi connectivity index (χ1v) is 8.64. The molecular formula is C19H20ClN3O2. The number of fused-ring (bicyclic) bond motifs is 1. The van der Waals surface area contributed by atoms with Crippen molar-refractivity contribution in [3.05, 3.63) is 59.0 Å². The molecule has 0 bridgehead atoms. The molecular weight excluding hydrogens is 338 g/mol. The Bertz CT molecular complexity index is 888. The van der Waals surface area contributed by atoms with Gasteiger partial charge in [0.15, 0.2) is 0 Å². The molecule has 3 aromatic rings. The lowest BCUT2D eigenvalue weighted by atomic mass is 10.2. The first-order chi connectivity index (χ1) is 12.1. The van der Waals surface area contributed by atoms with Gasteiger partial charge >= 0.3 is 0 Å². The number of hydrogen-bond donors (Lipinski definition) is 1. The molecule has 0 radical (unpaired) electrons. The summed E-state index contributed by atoms with van der Waals surface area (Å²) in [5.41, 5.74) is 2.51. The Hall–Kier alpha value is -2.53. The highest BCUT2D eigenvalue weighted by atomic mass is 35.5. The molecule has 25 heavy (non-hydrogen) atoms. The van der Waals surface area contributed by atoms with E-state index in [1.165, 1.54) is 0 Å². The summed E-state index contributed by atoms with van der Waals surface area (Å²) < 4.78 is 7.33. The minimum Gasteiger partial charge on any atom is -0.494 e. The van der Waals surface area contributed by atoms with Crippen molar-refractivity contribution in [2.24, 2.45) is 0 Å². The Morgan fingerprint density at radius 3 is 2.72 bits per heavy atom. The molecule has 0 fully saturated rings. The van der Waals surface area contributed by atoms with Crippen molar-refractivity contribution in [3.8, 4) is 5.75 Å². The average Bonchev–Trinajstić information content (AvgIpc) is 2.91. The Morgan fingerprint density at radius 2 is 2.00 bits per heavy atom. The van der Waals surface area contributed by atoms with Gasteiger partial charge in [-0.25, -0.2) is 4.98 Å². The lowest BCUT2D eigenvalue weighted by Gasteiger charge is -2.08. The molecule has 1 N–H and O–H groups in total. The van der Waals surface area contributed by atoms with Crippen molar-refractivity contribution in [1.82, 2.24) is 9.38 Å². The average molecular weight is 358 g/mol. The third-order valence-corrected chi connectivity index (χ3v) is 4.07. The van der Waals surface area contributed by atoms with E-state index < -0.39 is 0 Å². The van der Waals surface area contributed by atoms with Crippen LogP contribution in [0, 0.1) is 6.92 Å². The quantitative estimate of drug-likeness (QED) is 0.649. The maximum atomic E-state index is 12.7. The molecule has 0 aliphatic heterocycles. The first kappa shape index (κ1) is 17.3. The lowest BCUT2D eigenvalue weighted by molar-refractivity contribution is 0.102. The predicted molar refractivity (Wildman–Crippen MR) is 99.7 cm³/mol. The van der Waals surface area contributed by atoms with Gasteiger partial charge in [0.25, 0.3) is 5.91 Å². The maximum absolute atomic E-state index is 12.7. The molecule has 0 unspecified atom stereocenters. The fraction of sp³-hybridized carbons (Fsp3) is 0.263. The molecule has 5 nitrogen and oxygen atoms in total. The predicted octanol–water partition coefficient (Wildman–Crippen LogP) is 4.73. The summed E-state index contributed by atoms with van der Waals surface area (Å²) in [5.74, 6) is 0.566. The zero-order valence-corrected chi connectivity index (χ0v) is 15.0. The standard InChI is InChI=1S/C19H20ClN3O2/c1-3-4-11-25-16-8-6-15(7-9-16)22-19(24)18-13(2)21-17-10-5-14(20)12-23(17)18/h5-10,12H,3-4,11H2,1-2H3,(H,22,24). The van der Waals surface area contributed by atoms with Crippen LogP contribution in [0.2, 0.25) is 5.02 Å². The third kappa shape index (κ3) is 3.94. The number of imidazole rings is 1. The molecule has 3 rings (SSSR count). The minimum absolute atomic E-state index is 0.230. The lowest BCUT2D eigenvalue weighted by Crippen LogP contribution is -2.15. The zero-order chi connectivity index (χ0) is 17.8. The van der Waals surface area contributed by atoms with Crippen LogP contribution in [0.25, 0.3) is 5.65 Å². The van der Waals surface area contributed by atoms with Crippen molar-refractivity contribution in [2.45, 2.75) is 26.7 Å². The van der Waals surface area contributed by atoms with Gasteiger partial charge in [-0.1, -0.05) is 24.9 Å². The topological polar surface area (TPSA) is 55.6 Å². The molecule has 0 atom stereocenters. The molecule has 2 aromatic heterocycles. The van der Waals surface area contributed by atoms with Crippen LogP contribution in [0.1, 0.15) is 35.9 Å². The van der Waals surface area contributed by atoms with Crippen molar-refractivity contribution in [3.63, 3.8) is 0 Å². The van der Waals surface area contributed by atoms with Gasteiger partial charge in [0.1, 0.15) is 17.1 Å². The third-order valence-electron chi connectivity index (χ3n) is 3.85. The molecule has 130 valence electrons. The molecule has 6 heteroatoms. The molecule has 0 aliphatic rings. The summed E-state index contributed by atoms with van der Waals surface area (Å²) in [6.45, 7) is 4.63. The number of aryl methyl sites for hydroxylation is 1. The van der Waals surface area contributed by atoms with E-state index in [0.717, 1.165) is 18.6 Å².